The van der Waals surface area contributed by atoms with E-state index in [0.29, 0.717) is 0 Å². The third-order valence-electron chi connectivity index (χ3n) is 1.90. The summed E-state index contributed by atoms with van der Waals surface area (Å²) < 4.78 is 4.39. The largest absolute Gasteiger partial charge is 0.479 e. The Bertz CT molecular complexity index is 217. The molecule has 0 radical (unpaired) electrons. The average Bonchev–Trinajstić information content (AvgIpc) is 2.31. The molecule has 5 N–H and O–H groups in total. The summed E-state index contributed by atoms with van der Waals surface area (Å²) in [6.07, 6.45) is -5.32. The molecule has 1 heterocycles. The minimum absolute atomic E-state index is 0.991. The number of carboxylic acid groups (broad SMARTS) is 1. The van der Waals surface area contributed by atoms with Gasteiger partial charge in [0.15, 0.2) is 6.10 Å². The van der Waals surface area contributed by atoms with E-state index >= 15 is 0 Å². The first kappa shape index (κ1) is 10.4. The summed E-state index contributed by atoms with van der Waals surface area (Å²) >= 11 is 0. The van der Waals surface area contributed by atoms with Gasteiger partial charge in [-0.05, 0) is 0 Å². The van der Waals surface area contributed by atoms with Crippen LogP contribution in [0.4, 0.5) is 0 Å². The summed E-state index contributed by atoms with van der Waals surface area (Å²) in [5.41, 5.74) is 0. The molecule has 1 aliphatic heterocycles. The van der Waals surface area contributed by atoms with Crippen LogP contribution in [0.15, 0.2) is 0 Å². The molecular weight excluding hydrogens is 184 g/mol. The second-order valence-corrected chi connectivity index (χ2v) is 2.82. The minimum atomic E-state index is -2.40. The van der Waals surface area contributed by atoms with E-state index in [-0.39, 0.29) is 0 Å². The zero-order valence-electron chi connectivity index (χ0n) is 6.49. The van der Waals surface area contributed by atoms with Crippen molar-refractivity contribution in [3.05, 3.63) is 0 Å². The third-order valence-corrected chi connectivity index (χ3v) is 1.90. The quantitative estimate of drug-likeness (QED) is 0.314. The lowest BCUT2D eigenvalue weighted by molar-refractivity contribution is -0.246. The Morgan fingerprint density at radius 3 is 2.23 bits per heavy atom. The van der Waals surface area contributed by atoms with Gasteiger partial charge < -0.3 is 30.3 Å². The van der Waals surface area contributed by atoms with Gasteiger partial charge >= 0.3 is 5.97 Å². The molecular formula is C6H10O7. The summed E-state index contributed by atoms with van der Waals surface area (Å²) in [5, 5.41) is 44.4. The maximum atomic E-state index is 10.4. The van der Waals surface area contributed by atoms with Gasteiger partial charge in [0.05, 0.1) is 6.61 Å². The van der Waals surface area contributed by atoms with Crippen molar-refractivity contribution in [1.29, 1.82) is 0 Å². The Hall–Kier alpha value is -0.730. The Kier molecular flexibility index (Phi) is 2.55. The van der Waals surface area contributed by atoms with Crippen LogP contribution < -0.4 is 0 Å². The van der Waals surface area contributed by atoms with E-state index in [9.17, 15) is 9.90 Å². The molecule has 0 spiro atoms. The molecule has 0 aromatic carbocycles. The highest BCUT2D eigenvalue weighted by Gasteiger charge is 2.55. The molecule has 2 unspecified atom stereocenters. The molecule has 0 aromatic rings. The van der Waals surface area contributed by atoms with Gasteiger partial charge in [-0.3, -0.25) is 0 Å². The first-order valence-corrected chi connectivity index (χ1v) is 3.52. The molecule has 1 aliphatic rings. The van der Waals surface area contributed by atoms with Gasteiger partial charge in [-0.25, -0.2) is 4.79 Å². The number of aliphatic hydroxyl groups is 4. The molecule has 1 saturated heterocycles. The maximum absolute atomic E-state index is 10.4. The lowest BCUT2D eigenvalue weighted by Gasteiger charge is -2.22. The van der Waals surface area contributed by atoms with Gasteiger partial charge in [-0.1, -0.05) is 0 Å². The van der Waals surface area contributed by atoms with E-state index in [1.807, 2.05) is 0 Å². The molecule has 7 heteroatoms. The van der Waals surface area contributed by atoms with Crippen molar-refractivity contribution in [2.24, 2.45) is 0 Å². The number of aliphatic carboxylic acids is 1. The van der Waals surface area contributed by atoms with E-state index in [1.54, 1.807) is 0 Å². The molecule has 1 rings (SSSR count). The molecule has 0 aromatic heterocycles. The number of ether oxygens (including phenoxy) is 1. The Labute approximate surface area is 72.8 Å². The molecule has 1 fully saturated rings. The molecule has 4 atom stereocenters. The first-order chi connectivity index (χ1) is 5.92. The van der Waals surface area contributed by atoms with Crippen molar-refractivity contribution >= 4 is 5.97 Å². The fraction of sp³-hybridized carbons (Fsp3) is 0.833. The van der Waals surface area contributed by atoms with Crippen LogP contribution in [-0.4, -0.2) is 62.2 Å². The van der Waals surface area contributed by atoms with Gasteiger partial charge in [0.2, 0.25) is 5.79 Å². The molecule has 0 amide bonds. The van der Waals surface area contributed by atoms with Crippen molar-refractivity contribution in [1.82, 2.24) is 0 Å². The summed E-state index contributed by atoms with van der Waals surface area (Å²) in [6.45, 7) is -0.991. The highest BCUT2D eigenvalue weighted by Crippen LogP contribution is 2.28. The molecule has 13 heavy (non-hydrogen) atoms. The standard InChI is InChI=1S/C6H10O7/c7-1-6(12)4(9)2(8)3(13-6)5(10)11/h2-4,7-9,12H,1H2,(H,10,11)/t2?,3-,4?,6-/m1/s1. The smallest absolute Gasteiger partial charge is 0.335 e. The minimum Gasteiger partial charge on any atom is -0.479 e. The number of carboxylic acids is 1. The topological polar surface area (TPSA) is 127 Å². The van der Waals surface area contributed by atoms with E-state index < -0.39 is 36.7 Å². The maximum Gasteiger partial charge on any atom is 0.335 e. The van der Waals surface area contributed by atoms with Crippen LogP contribution in [0.25, 0.3) is 0 Å². The molecule has 0 aliphatic carbocycles. The van der Waals surface area contributed by atoms with Crippen LogP contribution in [0.2, 0.25) is 0 Å². The normalized spacial score (nSPS) is 45.1. The number of hydrogen-bond donors (Lipinski definition) is 5. The summed E-state index contributed by atoms with van der Waals surface area (Å²) in [4.78, 5) is 10.4. The lowest BCUT2D eigenvalue weighted by atomic mass is 10.1. The van der Waals surface area contributed by atoms with Crippen molar-refractivity contribution in [3.63, 3.8) is 0 Å². The van der Waals surface area contributed by atoms with Crippen LogP contribution in [-0.2, 0) is 9.53 Å². The fourth-order valence-corrected chi connectivity index (χ4v) is 1.12. The second kappa shape index (κ2) is 3.20. The monoisotopic (exact) mass is 194 g/mol. The Morgan fingerprint density at radius 1 is 1.46 bits per heavy atom. The number of aliphatic hydroxyl groups excluding tert-OH is 3. The number of hydrogen-bond acceptors (Lipinski definition) is 6. The van der Waals surface area contributed by atoms with Gasteiger partial charge in [-0.15, -0.1) is 0 Å². The van der Waals surface area contributed by atoms with E-state index in [1.165, 1.54) is 0 Å². The summed E-state index contributed by atoms with van der Waals surface area (Å²) in [6, 6.07) is 0. The van der Waals surface area contributed by atoms with Gasteiger partial charge in [0, 0.05) is 0 Å². The van der Waals surface area contributed by atoms with E-state index in [4.69, 9.17) is 20.4 Å². The SMILES string of the molecule is O=C(O)[C@@H]1O[C@](O)(CO)C(O)C1O. The Balaban J connectivity index is 2.84. The third kappa shape index (κ3) is 1.52. The molecule has 76 valence electrons. The Morgan fingerprint density at radius 2 is 2.00 bits per heavy atom. The molecule has 0 bridgehead atoms. The van der Waals surface area contributed by atoms with Crippen LogP contribution in [0.5, 0.6) is 0 Å². The summed E-state index contributed by atoms with van der Waals surface area (Å²) in [7, 11) is 0. The molecule has 7 nitrogen and oxygen atoms in total. The predicted molar refractivity (Wildman–Crippen MR) is 36.6 cm³/mol. The van der Waals surface area contributed by atoms with Crippen molar-refractivity contribution < 1.29 is 35.1 Å². The number of carbonyl (C=O) groups is 1. The fourth-order valence-electron chi connectivity index (χ4n) is 1.12. The molecule has 0 saturated carbocycles. The van der Waals surface area contributed by atoms with Crippen LogP contribution in [0, 0.1) is 0 Å². The average molecular weight is 194 g/mol. The summed E-state index contributed by atoms with van der Waals surface area (Å²) in [5.74, 6) is -3.92. The highest BCUT2D eigenvalue weighted by atomic mass is 16.7. The van der Waals surface area contributed by atoms with Crippen molar-refractivity contribution in [2.45, 2.75) is 24.1 Å². The highest BCUT2D eigenvalue weighted by molar-refractivity contribution is 5.73. The zero-order chi connectivity index (χ0) is 10.2. The van der Waals surface area contributed by atoms with Crippen LogP contribution in [0.3, 0.4) is 0 Å². The van der Waals surface area contributed by atoms with Gasteiger partial charge in [-0.2, -0.15) is 0 Å². The first-order valence-electron chi connectivity index (χ1n) is 3.52. The zero-order valence-corrected chi connectivity index (χ0v) is 6.49. The van der Waals surface area contributed by atoms with Crippen LogP contribution in [0.1, 0.15) is 0 Å². The predicted octanol–water partition coefficient (Wildman–Crippen LogP) is -3.13. The van der Waals surface area contributed by atoms with Gasteiger partial charge in [0.1, 0.15) is 12.2 Å². The second-order valence-electron chi connectivity index (χ2n) is 2.82. The van der Waals surface area contributed by atoms with Gasteiger partial charge in [0.25, 0.3) is 0 Å². The number of rotatable bonds is 2. The van der Waals surface area contributed by atoms with E-state index in [2.05, 4.69) is 4.74 Å². The van der Waals surface area contributed by atoms with Crippen LogP contribution >= 0.6 is 0 Å². The lowest BCUT2D eigenvalue weighted by Crippen LogP contribution is -2.46. The van der Waals surface area contributed by atoms with Crippen molar-refractivity contribution in [3.8, 4) is 0 Å². The van der Waals surface area contributed by atoms with Crippen molar-refractivity contribution in [2.75, 3.05) is 6.61 Å². The van der Waals surface area contributed by atoms with E-state index in [0.717, 1.165) is 0 Å².